The molecule has 7 heteroatoms. The average Bonchev–Trinajstić information content (AvgIpc) is 2.75. The molecule has 0 radical (unpaired) electrons. The summed E-state index contributed by atoms with van der Waals surface area (Å²) < 4.78 is 11.2. The molecule has 0 aromatic heterocycles. The first-order valence-corrected chi connectivity index (χ1v) is 11.8. The second-order valence-electron chi connectivity index (χ2n) is 7.62. The first kappa shape index (κ1) is 22.9. The molecule has 0 aliphatic heterocycles. The molecule has 3 rings (SSSR count). The number of benzene rings is 3. The standard InChI is InChI=1S/C24H26N3O3P/c25-13-19-4-6-20(7-5-19)15-27(17-24-3-1-2-23(12-24)14-26)16-21-8-10-22(11-9-21)18-31(28,29)30/h1-12H,14-18,26H2,(H2,28,29,30). The number of nitriles is 1. The molecule has 0 saturated heterocycles. The van der Waals surface area contributed by atoms with Crippen molar-refractivity contribution in [3.8, 4) is 6.07 Å². The zero-order chi connectivity index (χ0) is 22.3. The summed E-state index contributed by atoms with van der Waals surface area (Å²) >= 11 is 0. The van der Waals surface area contributed by atoms with Gasteiger partial charge in [0.15, 0.2) is 0 Å². The molecular weight excluding hydrogens is 409 g/mol. The molecule has 160 valence electrons. The van der Waals surface area contributed by atoms with Crippen molar-refractivity contribution in [3.63, 3.8) is 0 Å². The molecule has 31 heavy (non-hydrogen) atoms. The largest absolute Gasteiger partial charge is 0.329 e. The van der Waals surface area contributed by atoms with Gasteiger partial charge in [-0.25, -0.2) is 0 Å². The van der Waals surface area contributed by atoms with Gasteiger partial charge in [-0.1, -0.05) is 60.7 Å². The van der Waals surface area contributed by atoms with E-state index >= 15 is 0 Å². The fraction of sp³-hybridized carbons (Fsp3) is 0.208. The summed E-state index contributed by atoms with van der Waals surface area (Å²) in [6, 6.07) is 25.3. The van der Waals surface area contributed by atoms with E-state index in [1.54, 1.807) is 12.1 Å². The van der Waals surface area contributed by atoms with Gasteiger partial charge in [0.2, 0.25) is 0 Å². The molecule has 3 aromatic rings. The topological polar surface area (TPSA) is 111 Å². The summed E-state index contributed by atoms with van der Waals surface area (Å²) in [6.07, 6.45) is -0.256. The lowest BCUT2D eigenvalue weighted by molar-refractivity contribution is 0.247. The Morgan fingerprint density at radius 2 is 1.32 bits per heavy atom. The van der Waals surface area contributed by atoms with Crippen LogP contribution in [0.4, 0.5) is 0 Å². The first-order valence-electron chi connectivity index (χ1n) is 9.96. The normalized spacial score (nSPS) is 11.5. The van der Waals surface area contributed by atoms with Gasteiger partial charge >= 0.3 is 7.60 Å². The Bertz CT molecular complexity index is 1090. The zero-order valence-corrected chi connectivity index (χ0v) is 18.1. The van der Waals surface area contributed by atoms with Crippen molar-refractivity contribution in [1.82, 2.24) is 4.90 Å². The van der Waals surface area contributed by atoms with E-state index in [0.29, 0.717) is 30.8 Å². The Balaban J connectivity index is 1.78. The SMILES string of the molecule is N#Cc1ccc(CN(Cc2ccc(CP(=O)(O)O)cc2)Cc2cccc(CN)c2)cc1. The summed E-state index contributed by atoms with van der Waals surface area (Å²) in [6.45, 7) is 2.58. The molecule has 6 nitrogen and oxygen atoms in total. The Kier molecular flexibility index (Phi) is 7.75. The monoisotopic (exact) mass is 435 g/mol. The lowest BCUT2D eigenvalue weighted by Gasteiger charge is -2.23. The van der Waals surface area contributed by atoms with Gasteiger partial charge in [-0.2, -0.15) is 5.26 Å². The van der Waals surface area contributed by atoms with Crippen LogP contribution in [0.1, 0.15) is 33.4 Å². The molecule has 0 heterocycles. The van der Waals surface area contributed by atoms with Gasteiger partial charge in [-0.3, -0.25) is 9.46 Å². The van der Waals surface area contributed by atoms with Gasteiger partial charge in [0, 0.05) is 26.2 Å². The van der Waals surface area contributed by atoms with Crippen LogP contribution in [0.3, 0.4) is 0 Å². The van der Waals surface area contributed by atoms with Crippen LogP contribution in [0, 0.1) is 11.3 Å². The fourth-order valence-electron chi connectivity index (χ4n) is 3.47. The van der Waals surface area contributed by atoms with Crippen molar-refractivity contribution in [2.45, 2.75) is 32.3 Å². The molecule has 0 bridgehead atoms. The van der Waals surface area contributed by atoms with Crippen molar-refractivity contribution in [3.05, 3.63) is 106 Å². The van der Waals surface area contributed by atoms with E-state index in [2.05, 4.69) is 23.1 Å². The van der Waals surface area contributed by atoms with Crippen LogP contribution < -0.4 is 5.73 Å². The molecule has 0 saturated carbocycles. The molecule has 0 unspecified atom stereocenters. The third kappa shape index (κ3) is 7.45. The Hall–Kier alpha value is -2.78. The van der Waals surface area contributed by atoms with E-state index in [1.165, 1.54) is 0 Å². The van der Waals surface area contributed by atoms with Gasteiger partial charge in [-0.05, 0) is 39.9 Å². The molecule has 3 aromatic carbocycles. The molecule has 0 fully saturated rings. The fourth-order valence-corrected chi connectivity index (χ4v) is 4.16. The molecule has 0 amide bonds. The zero-order valence-electron chi connectivity index (χ0n) is 17.2. The van der Waals surface area contributed by atoms with Crippen LogP contribution in [0.15, 0.2) is 72.8 Å². The van der Waals surface area contributed by atoms with Crippen LogP contribution in [-0.4, -0.2) is 14.7 Å². The average molecular weight is 435 g/mol. The van der Waals surface area contributed by atoms with Gasteiger partial charge in [0.1, 0.15) is 0 Å². The Labute approximate surface area is 182 Å². The maximum Gasteiger partial charge on any atom is 0.329 e. The van der Waals surface area contributed by atoms with Gasteiger partial charge in [0.05, 0.1) is 17.8 Å². The molecular formula is C24H26N3O3P. The van der Waals surface area contributed by atoms with Crippen molar-refractivity contribution in [1.29, 1.82) is 5.26 Å². The quantitative estimate of drug-likeness (QED) is 0.440. The number of rotatable bonds is 9. The van der Waals surface area contributed by atoms with Crippen molar-refractivity contribution < 1.29 is 14.4 Å². The number of nitrogens with zero attached hydrogens (tertiary/aromatic N) is 2. The van der Waals surface area contributed by atoms with Crippen LogP contribution in [0.5, 0.6) is 0 Å². The van der Waals surface area contributed by atoms with E-state index < -0.39 is 7.60 Å². The predicted octanol–water partition coefficient (Wildman–Crippen LogP) is 3.90. The highest BCUT2D eigenvalue weighted by Gasteiger charge is 2.14. The minimum absolute atomic E-state index is 0.256. The van der Waals surface area contributed by atoms with Crippen LogP contribution in [-0.2, 0) is 36.9 Å². The predicted molar refractivity (Wildman–Crippen MR) is 121 cm³/mol. The molecule has 4 N–H and O–H groups in total. The van der Waals surface area contributed by atoms with Gasteiger partial charge in [0.25, 0.3) is 0 Å². The highest BCUT2D eigenvalue weighted by atomic mass is 31.2. The molecule has 0 aliphatic rings. The number of hydrogen-bond donors (Lipinski definition) is 3. The summed E-state index contributed by atoms with van der Waals surface area (Å²) in [5.41, 5.74) is 11.4. The van der Waals surface area contributed by atoms with Gasteiger partial charge in [-0.15, -0.1) is 0 Å². The summed E-state index contributed by atoms with van der Waals surface area (Å²) in [5.74, 6) is 0. The highest BCUT2D eigenvalue weighted by molar-refractivity contribution is 7.50. The lowest BCUT2D eigenvalue weighted by atomic mass is 10.1. The second-order valence-corrected chi connectivity index (χ2v) is 9.26. The van der Waals surface area contributed by atoms with E-state index in [4.69, 9.17) is 20.8 Å². The lowest BCUT2D eigenvalue weighted by Crippen LogP contribution is -2.22. The van der Waals surface area contributed by atoms with Crippen molar-refractivity contribution in [2.24, 2.45) is 5.73 Å². The van der Waals surface area contributed by atoms with Crippen LogP contribution in [0.2, 0.25) is 0 Å². The molecule has 0 aliphatic carbocycles. The number of nitrogens with two attached hydrogens (primary N) is 1. The number of hydrogen-bond acceptors (Lipinski definition) is 4. The molecule has 0 atom stereocenters. The summed E-state index contributed by atoms with van der Waals surface area (Å²) in [5, 5.41) is 9.02. The smallest absolute Gasteiger partial charge is 0.326 e. The van der Waals surface area contributed by atoms with Crippen molar-refractivity contribution in [2.75, 3.05) is 0 Å². The van der Waals surface area contributed by atoms with Crippen molar-refractivity contribution >= 4 is 7.60 Å². The Morgan fingerprint density at radius 3 is 1.87 bits per heavy atom. The third-order valence-corrected chi connectivity index (χ3v) is 5.72. The minimum atomic E-state index is -4.08. The maximum absolute atomic E-state index is 11.2. The summed E-state index contributed by atoms with van der Waals surface area (Å²) in [7, 11) is -4.08. The first-order chi connectivity index (χ1) is 14.8. The van der Waals surface area contributed by atoms with Gasteiger partial charge < -0.3 is 15.5 Å². The third-order valence-electron chi connectivity index (χ3n) is 4.94. The minimum Gasteiger partial charge on any atom is -0.326 e. The van der Waals surface area contributed by atoms with E-state index in [9.17, 15) is 4.57 Å². The van der Waals surface area contributed by atoms with E-state index in [-0.39, 0.29) is 6.16 Å². The maximum atomic E-state index is 11.2. The highest BCUT2D eigenvalue weighted by Crippen LogP contribution is 2.38. The summed E-state index contributed by atoms with van der Waals surface area (Å²) in [4.78, 5) is 20.6. The van der Waals surface area contributed by atoms with Crippen LogP contribution in [0.25, 0.3) is 0 Å². The Morgan fingerprint density at radius 1 is 0.806 bits per heavy atom. The molecule has 0 spiro atoms. The van der Waals surface area contributed by atoms with E-state index in [1.807, 2.05) is 48.5 Å². The van der Waals surface area contributed by atoms with Crippen LogP contribution >= 0.6 is 7.60 Å². The second kappa shape index (κ2) is 10.5. The van der Waals surface area contributed by atoms with E-state index in [0.717, 1.165) is 28.8 Å².